The zero-order valence-electron chi connectivity index (χ0n) is 12.9. The fourth-order valence-electron chi connectivity index (χ4n) is 2.99. The third kappa shape index (κ3) is 2.76. The van der Waals surface area contributed by atoms with E-state index in [0.29, 0.717) is 17.0 Å². The van der Waals surface area contributed by atoms with Crippen molar-refractivity contribution in [2.75, 3.05) is 5.32 Å². The first-order valence-electron chi connectivity index (χ1n) is 7.39. The first kappa shape index (κ1) is 16.1. The van der Waals surface area contributed by atoms with Gasteiger partial charge in [0, 0.05) is 29.5 Å². The molecule has 0 aliphatic heterocycles. The predicted molar refractivity (Wildman–Crippen MR) is 91.3 cm³/mol. The third-order valence-corrected chi connectivity index (χ3v) is 5.15. The average molecular weight is 345 g/mol. The minimum Gasteiger partial charge on any atom is -0.365 e. The number of aryl methyl sites for hydroxylation is 1. The zero-order chi connectivity index (χ0) is 17.4. The number of carbonyl (C=O) groups is 2. The minimum absolute atomic E-state index is 0.00305. The monoisotopic (exact) mass is 345 g/mol. The minimum atomic E-state index is -0.606. The van der Waals surface area contributed by atoms with Crippen molar-refractivity contribution < 1.29 is 14.5 Å². The molecule has 1 aliphatic carbocycles. The number of anilines is 1. The van der Waals surface area contributed by atoms with Crippen LogP contribution in [0, 0.1) is 10.1 Å². The summed E-state index contributed by atoms with van der Waals surface area (Å²) in [4.78, 5) is 34.7. The van der Waals surface area contributed by atoms with Crippen LogP contribution in [0.1, 0.15) is 34.8 Å². The highest BCUT2D eigenvalue weighted by Gasteiger charge is 2.27. The van der Waals surface area contributed by atoms with Gasteiger partial charge in [-0.1, -0.05) is 6.07 Å². The largest absolute Gasteiger partial charge is 0.365 e. The highest BCUT2D eigenvalue weighted by atomic mass is 32.1. The SMILES string of the molecule is CC(=O)Nc1sc2c(c1C(N)=O)CCCc1ccc([N+](=O)[O-])cc1-2. The molecule has 7 nitrogen and oxygen atoms in total. The fraction of sp³-hybridized carbons (Fsp3) is 0.250. The standard InChI is InChI=1S/C16H15N3O4S/c1-8(20)18-16-13(15(17)21)11-4-2-3-9-5-6-10(19(22)23)7-12(9)14(11)24-16/h5-7H,2-4H2,1H3,(H2,17,21)(H,18,20). The number of nitrogens with one attached hydrogen (secondary N) is 1. The molecule has 2 amide bonds. The van der Waals surface area contributed by atoms with Gasteiger partial charge in [0.1, 0.15) is 5.00 Å². The molecule has 0 unspecified atom stereocenters. The average Bonchev–Trinajstić information content (AvgIpc) is 2.75. The number of hydrogen-bond acceptors (Lipinski definition) is 5. The number of nitrogens with two attached hydrogens (primary N) is 1. The van der Waals surface area contributed by atoms with E-state index < -0.39 is 10.8 Å². The van der Waals surface area contributed by atoms with Gasteiger partial charge in [-0.05, 0) is 30.4 Å². The number of non-ortho nitro benzene ring substituents is 1. The molecular weight excluding hydrogens is 330 g/mol. The second-order valence-electron chi connectivity index (χ2n) is 5.61. The molecule has 1 aromatic carbocycles. The van der Waals surface area contributed by atoms with Crippen LogP contribution in [0.25, 0.3) is 10.4 Å². The fourth-order valence-corrected chi connectivity index (χ4v) is 4.34. The van der Waals surface area contributed by atoms with E-state index >= 15 is 0 Å². The molecule has 0 bridgehead atoms. The Morgan fingerprint density at radius 2 is 2.08 bits per heavy atom. The van der Waals surface area contributed by atoms with Crippen LogP contribution in [0.2, 0.25) is 0 Å². The lowest BCUT2D eigenvalue weighted by Gasteiger charge is -2.05. The number of primary amides is 1. The summed E-state index contributed by atoms with van der Waals surface area (Å²) in [7, 11) is 0. The molecule has 8 heteroatoms. The maximum absolute atomic E-state index is 11.9. The van der Waals surface area contributed by atoms with Crippen LogP contribution in [0.15, 0.2) is 18.2 Å². The summed E-state index contributed by atoms with van der Waals surface area (Å²) in [6.07, 6.45) is 2.20. The first-order valence-corrected chi connectivity index (χ1v) is 8.21. The van der Waals surface area contributed by atoms with E-state index in [4.69, 9.17) is 5.73 Å². The summed E-state index contributed by atoms with van der Waals surface area (Å²) in [5.74, 6) is -0.904. The number of carbonyl (C=O) groups excluding carboxylic acids is 2. The Morgan fingerprint density at radius 3 is 2.71 bits per heavy atom. The van der Waals surface area contributed by atoms with Crippen molar-refractivity contribution in [2.45, 2.75) is 26.2 Å². The summed E-state index contributed by atoms with van der Waals surface area (Å²) < 4.78 is 0. The summed E-state index contributed by atoms with van der Waals surface area (Å²) >= 11 is 1.24. The number of hydrogen-bond donors (Lipinski definition) is 2. The van der Waals surface area contributed by atoms with Crippen molar-refractivity contribution in [3.63, 3.8) is 0 Å². The van der Waals surface area contributed by atoms with E-state index in [0.717, 1.165) is 34.4 Å². The maximum atomic E-state index is 11.9. The molecule has 0 spiro atoms. The molecule has 0 fully saturated rings. The number of benzene rings is 1. The summed E-state index contributed by atoms with van der Waals surface area (Å²) in [6, 6.07) is 4.77. The van der Waals surface area contributed by atoms with Gasteiger partial charge in [0.25, 0.3) is 11.6 Å². The molecule has 0 atom stereocenters. The van der Waals surface area contributed by atoms with E-state index in [1.54, 1.807) is 6.07 Å². The van der Waals surface area contributed by atoms with Gasteiger partial charge < -0.3 is 11.1 Å². The van der Waals surface area contributed by atoms with E-state index in [1.165, 1.54) is 30.4 Å². The molecule has 24 heavy (non-hydrogen) atoms. The van der Waals surface area contributed by atoms with Gasteiger partial charge >= 0.3 is 0 Å². The van der Waals surface area contributed by atoms with Gasteiger partial charge in [-0.3, -0.25) is 19.7 Å². The topological polar surface area (TPSA) is 115 Å². The number of amides is 2. The predicted octanol–water partition coefficient (Wildman–Crippen LogP) is 2.87. The molecule has 1 aliphatic rings. The smallest absolute Gasteiger partial charge is 0.270 e. The van der Waals surface area contributed by atoms with Gasteiger partial charge in [-0.2, -0.15) is 0 Å². The molecule has 3 N–H and O–H groups in total. The lowest BCUT2D eigenvalue weighted by molar-refractivity contribution is -0.384. The molecule has 0 saturated carbocycles. The third-order valence-electron chi connectivity index (χ3n) is 3.96. The van der Waals surface area contributed by atoms with Crippen LogP contribution in [-0.4, -0.2) is 16.7 Å². The quantitative estimate of drug-likeness (QED) is 0.657. The molecule has 0 saturated heterocycles. The van der Waals surface area contributed by atoms with Crippen LogP contribution in [-0.2, 0) is 17.6 Å². The van der Waals surface area contributed by atoms with Crippen LogP contribution < -0.4 is 11.1 Å². The molecule has 124 valence electrons. The Bertz CT molecular complexity index is 872. The highest BCUT2D eigenvalue weighted by Crippen LogP contribution is 2.45. The number of thiophene rings is 1. The van der Waals surface area contributed by atoms with Gasteiger partial charge in [0.2, 0.25) is 5.91 Å². The molecule has 0 radical (unpaired) electrons. The van der Waals surface area contributed by atoms with Gasteiger partial charge in [0.05, 0.1) is 10.5 Å². The molecule has 1 aromatic heterocycles. The van der Waals surface area contributed by atoms with Gasteiger partial charge in [-0.25, -0.2) is 0 Å². The normalized spacial score (nSPS) is 12.7. The summed E-state index contributed by atoms with van der Waals surface area (Å²) in [5.41, 5.74) is 8.31. The van der Waals surface area contributed by atoms with Crippen molar-refractivity contribution >= 4 is 33.8 Å². The Morgan fingerprint density at radius 1 is 1.33 bits per heavy atom. The van der Waals surface area contributed by atoms with Crippen LogP contribution in [0.5, 0.6) is 0 Å². The Kier molecular flexibility index (Phi) is 4.06. The number of nitrogens with zero attached hydrogens (tertiary/aromatic N) is 1. The second kappa shape index (κ2) is 6.04. The summed E-state index contributed by atoms with van der Waals surface area (Å²) in [6.45, 7) is 1.36. The van der Waals surface area contributed by atoms with E-state index in [2.05, 4.69) is 5.32 Å². The van der Waals surface area contributed by atoms with E-state index in [-0.39, 0.29) is 11.6 Å². The van der Waals surface area contributed by atoms with Crippen LogP contribution in [0.4, 0.5) is 10.7 Å². The van der Waals surface area contributed by atoms with Gasteiger partial charge in [0.15, 0.2) is 0 Å². The Labute approximate surface area is 141 Å². The van der Waals surface area contributed by atoms with Crippen molar-refractivity contribution in [3.05, 3.63) is 45.0 Å². The lowest BCUT2D eigenvalue weighted by Crippen LogP contribution is -2.16. The number of fused-ring (bicyclic) bond motifs is 3. The zero-order valence-corrected chi connectivity index (χ0v) is 13.7. The molecule has 2 aromatic rings. The lowest BCUT2D eigenvalue weighted by atomic mass is 10.0. The van der Waals surface area contributed by atoms with Crippen molar-refractivity contribution in [1.29, 1.82) is 0 Å². The van der Waals surface area contributed by atoms with Crippen molar-refractivity contribution in [2.24, 2.45) is 5.73 Å². The molecular formula is C16H15N3O4S. The van der Waals surface area contributed by atoms with E-state index in [1.807, 2.05) is 0 Å². The Hall–Kier alpha value is -2.74. The Balaban J connectivity index is 2.25. The molecule has 1 heterocycles. The van der Waals surface area contributed by atoms with Crippen molar-refractivity contribution in [1.82, 2.24) is 0 Å². The van der Waals surface area contributed by atoms with Crippen LogP contribution in [0.3, 0.4) is 0 Å². The van der Waals surface area contributed by atoms with E-state index in [9.17, 15) is 19.7 Å². The number of nitro groups is 1. The van der Waals surface area contributed by atoms with Gasteiger partial charge in [-0.15, -0.1) is 11.3 Å². The first-order chi connectivity index (χ1) is 11.4. The summed E-state index contributed by atoms with van der Waals surface area (Å²) in [5, 5.41) is 14.1. The number of rotatable bonds is 3. The van der Waals surface area contributed by atoms with Crippen LogP contribution >= 0.6 is 11.3 Å². The van der Waals surface area contributed by atoms with Crippen molar-refractivity contribution in [3.8, 4) is 10.4 Å². The second-order valence-corrected chi connectivity index (χ2v) is 6.63. The number of nitro benzene ring substituents is 1. The highest BCUT2D eigenvalue weighted by molar-refractivity contribution is 7.20. The maximum Gasteiger partial charge on any atom is 0.270 e. The molecule has 3 rings (SSSR count).